The average molecular weight is 314 g/mol. The largest absolute Gasteiger partial charge is 0.395 e. The van der Waals surface area contributed by atoms with Gasteiger partial charge >= 0.3 is 0 Å². The number of benzene rings is 1. The molecule has 0 aliphatic rings. The topological polar surface area (TPSA) is 86.7 Å². The van der Waals surface area contributed by atoms with Gasteiger partial charge in [0.25, 0.3) is 0 Å². The summed E-state index contributed by atoms with van der Waals surface area (Å²) in [5, 5.41) is 11.6. The van der Waals surface area contributed by atoms with Gasteiger partial charge in [-0.2, -0.15) is 4.31 Å². The number of aliphatic hydroxyl groups is 1. The smallest absolute Gasteiger partial charge is 0.243 e. The number of hydrogen-bond donors (Lipinski definition) is 2. The van der Waals surface area contributed by atoms with E-state index in [2.05, 4.69) is 5.32 Å². The molecule has 0 aliphatic carbocycles. The summed E-state index contributed by atoms with van der Waals surface area (Å²) < 4.78 is 26.1. The van der Waals surface area contributed by atoms with E-state index in [9.17, 15) is 13.2 Å². The molecule has 0 saturated carbocycles. The molecule has 0 aliphatic heterocycles. The standard InChI is InChI=1S/C14H22N2O4S/c1-3-8-16(9-10-17)21(19,20)14-6-4-13(5-7-14)11-15-12(2)18/h4-7,17H,3,8-11H2,1-2H3,(H,15,18). The number of sulfonamides is 1. The lowest BCUT2D eigenvalue weighted by Crippen LogP contribution is -2.34. The van der Waals surface area contributed by atoms with E-state index in [1.54, 1.807) is 12.1 Å². The number of nitrogens with zero attached hydrogens (tertiary/aromatic N) is 1. The minimum Gasteiger partial charge on any atom is -0.395 e. The molecule has 21 heavy (non-hydrogen) atoms. The Balaban J connectivity index is 2.90. The van der Waals surface area contributed by atoms with Crippen LogP contribution in [-0.4, -0.2) is 43.4 Å². The molecule has 0 radical (unpaired) electrons. The minimum absolute atomic E-state index is 0.0871. The fraction of sp³-hybridized carbons (Fsp3) is 0.500. The maximum atomic E-state index is 12.4. The quantitative estimate of drug-likeness (QED) is 0.740. The summed E-state index contributed by atoms with van der Waals surface area (Å²) >= 11 is 0. The first-order chi connectivity index (χ1) is 9.91. The Morgan fingerprint density at radius 3 is 2.33 bits per heavy atom. The van der Waals surface area contributed by atoms with E-state index in [1.807, 2.05) is 6.92 Å². The van der Waals surface area contributed by atoms with Crippen molar-refractivity contribution in [1.82, 2.24) is 9.62 Å². The molecule has 0 saturated heterocycles. The van der Waals surface area contributed by atoms with Gasteiger partial charge in [-0.3, -0.25) is 4.79 Å². The Labute approximate surface area is 125 Å². The molecule has 0 bridgehead atoms. The molecule has 7 heteroatoms. The van der Waals surface area contributed by atoms with Gasteiger partial charge in [-0.1, -0.05) is 19.1 Å². The van der Waals surface area contributed by atoms with Crippen molar-refractivity contribution in [1.29, 1.82) is 0 Å². The van der Waals surface area contributed by atoms with E-state index in [0.717, 1.165) is 5.56 Å². The van der Waals surface area contributed by atoms with Crippen LogP contribution in [0, 0.1) is 0 Å². The second-order valence-corrected chi connectivity index (χ2v) is 6.62. The number of carbonyl (C=O) groups is 1. The lowest BCUT2D eigenvalue weighted by Gasteiger charge is -2.20. The highest BCUT2D eigenvalue weighted by Gasteiger charge is 2.22. The number of nitrogens with one attached hydrogen (secondary N) is 1. The number of hydrogen-bond acceptors (Lipinski definition) is 4. The second kappa shape index (κ2) is 8.11. The highest BCUT2D eigenvalue weighted by atomic mass is 32.2. The van der Waals surface area contributed by atoms with E-state index in [4.69, 9.17) is 5.11 Å². The summed E-state index contributed by atoms with van der Waals surface area (Å²) in [7, 11) is -3.59. The molecule has 2 N–H and O–H groups in total. The first-order valence-corrected chi connectivity index (χ1v) is 8.30. The van der Waals surface area contributed by atoms with Crippen molar-refractivity contribution in [3.05, 3.63) is 29.8 Å². The van der Waals surface area contributed by atoms with Gasteiger partial charge in [0.1, 0.15) is 0 Å². The average Bonchev–Trinajstić information content (AvgIpc) is 2.45. The van der Waals surface area contributed by atoms with Crippen LogP contribution in [0.25, 0.3) is 0 Å². The molecule has 1 aromatic rings. The fourth-order valence-corrected chi connectivity index (χ4v) is 3.39. The lowest BCUT2D eigenvalue weighted by atomic mass is 10.2. The molecule has 0 aromatic heterocycles. The monoisotopic (exact) mass is 314 g/mol. The summed E-state index contributed by atoms with van der Waals surface area (Å²) in [6.45, 7) is 3.93. The van der Waals surface area contributed by atoms with Crippen molar-refractivity contribution in [3.63, 3.8) is 0 Å². The molecular weight excluding hydrogens is 292 g/mol. The Kier molecular flexibility index (Phi) is 6.80. The predicted molar refractivity (Wildman–Crippen MR) is 80.1 cm³/mol. The van der Waals surface area contributed by atoms with Gasteiger partial charge in [0.15, 0.2) is 0 Å². The predicted octanol–water partition coefficient (Wildman–Crippen LogP) is 0.716. The van der Waals surface area contributed by atoms with Crippen LogP contribution in [0.2, 0.25) is 0 Å². The molecular formula is C14H22N2O4S. The third-order valence-corrected chi connectivity index (χ3v) is 4.84. The molecule has 6 nitrogen and oxygen atoms in total. The van der Waals surface area contributed by atoms with Crippen molar-refractivity contribution in [2.24, 2.45) is 0 Å². The molecule has 1 aromatic carbocycles. The zero-order valence-corrected chi connectivity index (χ0v) is 13.2. The third kappa shape index (κ3) is 5.11. The summed E-state index contributed by atoms with van der Waals surface area (Å²) in [5.41, 5.74) is 0.827. The van der Waals surface area contributed by atoms with E-state index < -0.39 is 10.0 Å². The van der Waals surface area contributed by atoms with Crippen LogP contribution in [0.4, 0.5) is 0 Å². The van der Waals surface area contributed by atoms with Crippen molar-refractivity contribution in [3.8, 4) is 0 Å². The van der Waals surface area contributed by atoms with Gasteiger partial charge in [-0.05, 0) is 24.1 Å². The molecule has 1 amide bonds. The molecule has 0 fully saturated rings. The van der Waals surface area contributed by atoms with E-state index in [-0.39, 0.29) is 24.0 Å². The zero-order valence-electron chi connectivity index (χ0n) is 12.4. The van der Waals surface area contributed by atoms with Gasteiger partial charge in [0.05, 0.1) is 11.5 Å². The fourth-order valence-electron chi connectivity index (χ4n) is 1.87. The van der Waals surface area contributed by atoms with Gasteiger partial charge < -0.3 is 10.4 Å². The van der Waals surface area contributed by atoms with Crippen LogP contribution in [0.1, 0.15) is 25.8 Å². The highest BCUT2D eigenvalue weighted by molar-refractivity contribution is 7.89. The summed E-state index contributed by atoms with van der Waals surface area (Å²) in [5.74, 6) is -0.135. The SMILES string of the molecule is CCCN(CCO)S(=O)(=O)c1ccc(CNC(C)=O)cc1. The van der Waals surface area contributed by atoms with Crippen molar-refractivity contribution < 1.29 is 18.3 Å². The van der Waals surface area contributed by atoms with Gasteiger partial charge in [0, 0.05) is 26.6 Å². The number of rotatable bonds is 8. The van der Waals surface area contributed by atoms with E-state index in [0.29, 0.717) is 19.5 Å². The van der Waals surface area contributed by atoms with Crippen molar-refractivity contribution >= 4 is 15.9 Å². The van der Waals surface area contributed by atoms with Gasteiger partial charge in [-0.25, -0.2) is 8.42 Å². The maximum Gasteiger partial charge on any atom is 0.243 e. The molecule has 0 atom stereocenters. The lowest BCUT2D eigenvalue weighted by molar-refractivity contribution is -0.119. The molecule has 0 spiro atoms. The van der Waals surface area contributed by atoms with Crippen molar-refractivity contribution in [2.45, 2.75) is 31.7 Å². The van der Waals surface area contributed by atoms with Gasteiger partial charge in [0.2, 0.25) is 15.9 Å². The summed E-state index contributed by atoms with van der Waals surface area (Å²) in [6, 6.07) is 6.39. The molecule has 0 heterocycles. The van der Waals surface area contributed by atoms with Crippen LogP contribution in [0.5, 0.6) is 0 Å². The maximum absolute atomic E-state index is 12.4. The Morgan fingerprint density at radius 2 is 1.86 bits per heavy atom. The Hall–Kier alpha value is -1.44. The molecule has 118 valence electrons. The Bertz CT molecular complexity index is 549. The number of carbonyl (C=O) groups excluding carboxylic acids is 1. The summed E-state index contributed by atoms with van der Waals surface area (Å²) in [4.78, 5) is 11.0. The number of amides is 1. The molecule has 1 rings (SSSR count). The van der Waals surface area contributed by atoms with E-state index in [1.165, 1.54) is 23.4 Å². The third-order valence-electron chi connectivity index (χ3n) is 2.92. The first-order valence-electron chi connectivity index (χ1n) is 6.86. The van der Waals surface area contributed by atoms with Crippen molar-refractivity contribution in [2.75, 3.05) is 19.7 Å². The Morgan fingerprint density at radius 1 is 1.24 bits per heavy atom. The zero-order chi connectivity index (χ0) is 15.9. The van der Waals surface area contributed by atoms with Crippen LogP contribution >= 0.6 is 0 Å². The van der Waals surface area contributed by atoms with Gasteiger partial charge in [-0.15, -0.1) is 0 Å². The van der Waals surface area contributed by atoms with Crippen LogP contribution < -0.4 is 5.32 Å². The normalized spacial score (nSPS) is 11.6. The molecule has 0 unspecified atom stereocenters. The number of aliphatic hydroxyl groups excluding tert-OH is 1. The second-order valence-electron chi connectivity index (χ2n) is 4.68. The summed E-state index contributed by atoms with van der Waals surface area (Å²) in [6.07, 6.45) is 0.680. The van der Waals surface area contributed by atoms with Crippen LogP contribution in [0.3, 0.4) is 0 Å². The minimum atomic E-state index is -3.59. The first kappa shape index (κ1) is 17.6. The van der Waals surface area contributed by atoms with E-state index >= 15 is 0 Å². The highest BCUT2D eigenvalue weighted by Crippen LogP contribution is 2.16. The van der Waals surface area contributed by atoms with Crippen LogP contribution in [-0.2, 0) is 21.4 Å². The van der Waals surface area contributed by atoms with Crippen LogP contribution in [0.15, 0.2) is 29.2 Å².